The molecular formula is C12H16BrNO4S. The lowest BCUT2D eigenvalue weighted by molar-refractivity contribution is 0.0697. The molecular weight excluding hydrogens is 334 g/mol. The first-order valence-electron chi connectivity index (χ1n) is 5.78. The van der Waals surface area contributed by atoms with E-state index in [0.29, 0.717) is 17.6 Å². The molecule has 0 aromatic heterocycles. The number of sulfone groups is 1. The van der Waals surface area contributed by atoms with Crippen LogP contribution in [0.25, 0.3) is 0 Å². The Morgan fingerprint density at radius 1 is 1.42 bits per heavy atom. The first-order chi connectivity index (χ1) is 8.85. The number of carboxylic acids is 1. The zero-order valence-electron chi connectivity index (χ0n) is 10.5. The zero-order valence-corrected chi connectivity index (χ0v) is 12.9. The molecule has 0 aliphatic rings. The van der Waals surface area contributed by atoms with Crippen LogP contribution in [-0.4, -0.2) is 37.5 Å². The molecule has 0 heterocycles. The van der Waals surface area contributed by atoms with E-state index in [0.717, 1.165) is 5.56 Å². The number of halogens is 1. The highest BCUT2D eigenvalue weighted by Crippen LogP contribution is 2.18. The van der Waals surface area contributed by atoms with Crippen LogP contribution in [-0.2, 0) is 16.4 Å². The molecule has 0 aliphatic carbocycles. The molecule has 0 saturated carbocycles. The molecule has 19 heavy (non-hydrogen) atoms. The third kappa shape index (κ3) is 5.30. The van der Waals surface area contributed by atoms with Crippen molar-refractivity contribution in [2.45, 2.75) is 13.5 Å². The van der Waals surface area contributed by atoms with Gasteiger partial charge in [0.05, 0.1) is 11.3 Å². The summed E-state index contributed by atoms with van der Waals surface area (Å²) in [6, 6.07) is 4.75. The first-order valence-corrected chi connectivity index (χ1v) is 8.40. The predicted molar refractivity (Wildman–Crippen MR) is 77.1 cm³/mol. The van der Waals surface area contributed by atoms with E-state index in [-0.39, 0.29) is 17.1 Å². The van der Waals surface area contributed by atoms with Crippen molar-refractivity contribution in [2.75, 3.05) is 18.1 Å². The molecule has 0 aliphatic heterocycles. The van der Waals surface area contributed by atoms with Crippen molar-refractivity contribution < 1.29 is 18.3 Å². The molecule has 1 aromatic rings. The van der Waals surface area contributed by atoms with Crippen LogP contribution in [0.2, 0.25) is 0 Å². The summed E-state index contributed by atoms with van der Waals surface area (Å²) in [6.07, 6.45) is 0. The predicted octanol–water partition coefficient (Wildman–Crippen LogP) is 1.67. The number of carbonyl (C=O) groups is 1. The maximum atomic E-state index is 11.3. The summed E-state index contributed by atoms with van der Waals surface area (Å²) in [6.45, 7) is 2.49. The van der Waals surface area contributed by atoms with Gasteiger partial charge in [-0.3, -0.25) is 0 Å². The Balaban J connectivity index is 2.53. The molecule has 1 rings (SSSR count). The van der Waals surface area contributed by atoms with Crippen molar-refractivity contribution in [1.82, 2.24) is 5.32 Å². The monoisotopic (exact) mass is 349 g/mol. The maximum absolute atomic E-state index is 11.3. The number of hydrogen-bond acceptors (Lipinski definition) is 4. The normalized spacial score (nSPS) is 11.5. The second-order valence-corrected chi connectivity index (χ2v) is 7.35. The average Bonchev–Trinajstić information content (AvgIpc) is 2.36. The highest BCUT2D eigenvalue weighted by molar-refractivity contribution is 9.10. The number of rotatable bonds is 7. The summed E-state index contributed by atoms with van der Waals surface area (Å²) in [5, 5.41) is 11.9. The average molecular weight is 350 g/mol. The molecule has 1 aromatic carbocycles. The number of benzene rings is 1. The maximum Gasteiger partial charge on any atom is 0.335 e. The second kappa shape index (κ2) is 7.02. The molecule has 0 fully saturated rings. The van der Waals surface area contributed by atoms with Gasteiger partial charge in [-0.25, -0.2) is 13.2 Å². The van der Waals surface area contributed by atoms with Crippen LogP contribution < -0.4 is 5.32 Å². The van der Waals surface area contributed by atoms with Crippen molar-refractivity contribution in [3.8, 4) is 0 Å². The molecule has 0 radical (unpaired) electrons. The second-order valence-electron chi connectivity index (χ2n) is 4.02. The highest BCUT2D eigenvalue weighted by atomic mass is 79.9. The van der Waals surface area contributed by atoms with Crippen molar-refractivity contribution in [1.29, 1.82) is 0 Å². The van der Waals surface area contributed by atoms with Crippen LogP contribution in [0.15, 0.2) is 22.7 Å². The van der Waals surface area contributed by atoms with Crippen molar-refractivity contribution in [3.05, 3.63) is 33.8 Å². The molecule has 0 amide bonds. The molecule has 0 atom stereocenters. The van der Waals surface area contributed by atoms with Crippen molar-refractivity contribution >= 4 is 31.7 Å². The summed E-state index contributed by atoms with van der Waals surface area (Å²) >= 11 is 3.30. The SMILES string of the molecule is CCS(=O)(=O)CCNCc1ccc(C(=O)O)cc1Br. The van der Waals surface area contributed by atoms with E-state index in [1.165, 1.54) is 12.1 Å². The Morgan fingerprint density at radius 2 is 2.11 bits per heavy atom. The molecule has 0 saturated heterocycles. The third-order valence-corrected chi connectivity index (χ3v) is 5.09. The van der Waals surface area contributed by atoms with Gasteiger partial charge in [-0.1, -0.05) is 28.9 Å². The summed E-state index contributed by atoms with van der Waals surface area (Å²) in [4.78, 5) is 10.8. The Labute approximate surface area is 121 Å². The van der Waals surface area contributed by atoms with E-state index in [1.807, 2.05) is 0 Å². The smallest absolute Gasteiger partial charge is 0.335 e. The minimum Gasteiger partial charge on any atom is -0.478 e. The summed E-state index contributed by atoms with van der Waals surface area (Å²) in [5.74, 6) is -0.728. The van der Waals surface area contributed by atoms with Gasteiger partial charge in [-0.2, -0.15) is 0 Å². The van der Waals surface area contributed by atoms with E-state index in [9.17, 15) is 13.2 Å². The van der Waals surface area contributed by atoms with Crippen LogP contribution in [0, 0.1) is 0 Å². The summed E-state index contributed by atoms with van der Waals surface area (Å²) in [7, 11) is -2.95. The van der Waals surface area contributed by atoms with Gasteiger partial charge < -0.3 is 10.4 Å². The van der Waals surface area contributed by atoms with Gasteiger partial charge in [-0.15, -0.1) is 0 Å². The van der Waals surface area contributed by atoms with E-state index in [4.69, 9.17) is 5.11 Å². The lowest BCUT2D eigenvalue weighted by atomic mass is 10.1. The number of aromatic carboxylic acids is 1. The lowest BCUT2D eigenvalue weighted by Gasteiger charge is -2.07. The molecule has 0 spiro atoms. The van der Waals surface area contributed by atoms with Gasteiger partial charge >= 0.3 is 5.97 Å². The molecule has 2 N–H and O–H groups in total. The van der Waals surface area contributed by atoms with Crippen LogP contribution in [0.1, 0.15) is 22.8 Å². The first kappa shape index (κ1) is 16.1. The minimum absolute atomic E-state index is 0.105. The fourth-order valence-corrected chi connectivity index (χ4v) is 2.68. The molecule has 7 heteroatoms. The Kier molecular flexibility index (Phi) is 5.96. The quantitative estimate of drug-likeness (QED) is 0.731. The van der Waals surface area contributed by atoms with E-state index < -0.39 is 15.8 Å². The largest absolute Gasteiger partial charge is 0.478 e. The van der Waals surface area contributed by atoms with Crippen LogP contribution >= 0.6 is 15.9 Å². The van der Waals surface area contributed by atoms with E-state index in [1.54, 1.807) is 13.0 Å². The van der Waals surface area contributed by atoms with Crippen LogP contribution in [0.3, 0.4) is 0 Å². The Bertz CT molecular complexity index is 557. The fourth-order valence-electron chi connectivity index (χ4n) is 1.42. The summed E-state index contributed by atoms with van der Waals surface area (Å²) in [5.41, 5.74) is 1.10. The third-order valence-electron chi connectivity index (χ3n) is 2.65. The van der Waals surface area contributed by atoms with Gasteiger partial charge in [0.15, 0.2) is 9.84 Å². The summed E-state index contributed by atoms with van der Waals surface area (Å²) < 4.78 is 23.3. The van der Waals surface area contributed by atoms with Crippen molar-refractivity contribution in [3.63, 3.8) is 0 Å². The highest BCUT2D eigenvalue weighted by Gasteiger charge is 2.08. The molecule has 0 unspecified atom stereocenters. The number of hydrogen-bond donors (Lipinski definition) is 2. The fraction of sp³-hybridized carbons (Fsp3) is 0.417. The number of carboxylic acid groups (broad SMARTS) is 1. The van der Waals surface area contributed by atoms with E-state index in [2.05, 4.69) is 21.2 Å². The number of nitrogens with one attached hydrogen (secondary N) is 1. The van der Waals surface area contributed by atoms with Gasteiger partial charge in [0.1, 0.15) is 0 Å². The van der Waals surface area contributed by atoms with Gasteiger partial charge in [-0.05, 0) is 17.7 Å². The van der Waals surface area contributed by atoms with Crippen LogP contribution in [0.5, 0.6) is 0 Å². The van der Waals surface area contributed by atoms with E-state index >= 15 is 0 Å². The Hall–Kier alpha value is -0.920. The van der Waals surface area contributed by atoms with Gasteiger partial charge in [0, 0.05) is 23.3 Å². The molecule has 106 valence electrons. The topological polar surface area (TPSA) is 83.5 Å². The van der Waals surface area contributed by atoms with Gasteiger partial charge in [0.25, 0.3) is 0 Å². The Morgan fingerprint density at radius 3 is 2.63 bits per heavy atom. The zero-order chi connectivity index (χ0) is 14.5. The van der Waals surface area contributed by atoms with Crippen LogP contribution in [0.4, 0.5) is 0 Å². The standard InChI is InChI=1S/C12H16BrNO4S/c1-2-19(17,18)6-5-14-8-10-4-3-9(12(15)16)7-11(10)13/h3-4,7,14H,2,5-6,8H2,1H3,(H,15,16). The van der Waals surface area contributed by atoms with Gasteiger partial charge in [0.2, 0.25) is 0 Å². The lowest BCUT2D eigenvalue weighted by Crippen LogP contribution is -2.23. The molecule has 0 bridgehead atoms. The van der Waals surface area contributed by atoms with Crippen molar-refractivity contribution in [2.24, 2.45) is 0 Å². The molecule has 5 nitrogen and oxygen atoms in total. The minimum atomic E-state index is -2.95.